The molecule has 2 unspecified atom stereocenters. The van der Waals surface area contributed by atoms with Gasteiger partial charge >= 0.3 is 0 Å². The highest BCUT2D eigenvalue weighted by molar-refractivity contribution is 5.06. The van der Waals surface area contributed by atoms with Gasteiger partial charge in [-0.3, -0.25) is 0 Å². The molecule has 0 saturated heterocycles. The second kappa shape index (κ2) is 10.6. The average molecular weight is 238 g/mol. The minimum Gasteiger partial charge on any atom is -0.371 e. The molecule has 0 aromatic rings. The molecule has 0 saturated carbocycles. The summed E-state index contributed by atoms with van der Waals surface area (Å²) in [4.78, 5) is 0. The van der Waals surface area contributed by atoms with Crippen LogP contribution in [0.4, 0.5) is 0 Å². The van der Waals surface area contributed by atoms with Crippen molar-refractivity contribution in [3.63, 3.8) is 0 Å². The molecule has 0 aromatic carbocycles. The van der Waals surface area contributed by atoms with Crippen LogP contribution in [0.2, 0.25) is 0 Å². The van der Waals surface area contributed by atoms with E-state index in [1.807, 2.05) is 0 Å². The Morgan fingerprint density at radius 3 is 2.29 bits per heavy atom. The molecule has 0 amide bonds. The number of hydrogen-bond acceptors (Lipinski definition) is 1. The van der Waals surface area contributed by atoms with Gasteiger partial charge in [0.05, 0.1) is 12.2 Å². The van der Waals surface area contributed by atoms with E-state index in [-0.39, 0.29) is 6.10 Å². The van der Waals surface area contributed by atoms with Crippen molar-refractivity contribution < 1.29 is 4.74 Å². The van der Waals surface area contributed by atoms with Crippen molar-refractivity contribution in [3.05, 3.63) is 23.8 Å². The molecular formula is C16H30O. The van der Waals surface area contributed by atoms with Gasteiger partial charge in [-0.2, -0.15) is 0 Å². The maximum atomic E-state index is 6.05. The minimum atomic E-state index is 0.252. The van der Waals surface area contributed by atoms with Crippen LogP contribution in [0, 0.1) is 0 Å². The molecule has 1 nitrogen and oxygen atoms in total. The molecule has 0 aliphatic carbocycles. The van der Waals surface area contributed by atoms with E-state index < -0.39 is 0 Å². The van der Waals surface area contributed by atoms with E-state index in [4.69, 9.17) is 4.74 Å². The third-order valence-corrected chi connectivity index (χ3v) is 2.98. The predicted molar refractivity (Wildman–Crippen MR) is 77.3 cm³/mol. The normalized spacial score (nSPS) is 16.4. The first kappa shape index (κ1) is 16.4. The molecule has 17 heavy (non-hydrogen) atoms. The lowest BCUT2D eigenvalue weighted by molar-refractivity contribution is 0.0225. The summed E-state index contributed by atoms with van der Waals surface area (Å²) < 4.78 is 6.05. The van der Waals surface area contributed by atoms with Crippen LogP contribution in [0.1, 0.15) is 66.7 Å². The van der Waals surface area contributed by atoms with Gasteiger partial charge in [-0.1, -0.05) is 51.5 Å². The minimum absolute atomic E-state index is 0.252. The number of allylic oxidation sites excluding steroid dienone is 2. The standard InChI is InChI=1S/C16H30O/c1-6-10-12-16(17-14(5)8-3)13-15(9-4)11-7-2/h10-12,14,16H,6-9,13H2,1-5H3. The third-order valence-electron chi connectivity index (χ3n) is 2.98. The maximum absolute atomic E-state index is 6.05. The smallest absolute Gasteiger partial charge is 0.0796 e. The summed E-state index contributed by atoms with van der Waals surface area (Å²) in [6, 6.07) is 0. The van der Waals surface area contributed by atoms with Gasteiger partial charge in [-0.05, 0) is 39.0 Å². The highest BCUT2D eigenvalue weighted by atomic mass is 16.5. The molecule has 0 aliphatic rings. The van der Waals surface area contributed by atoms with Gasteiger partial charge in [-0.15, -0.1) is 0 Å². The second-order valence-corrected chi connectivity index (χ2v) is 4.56. The summed E-state index contributed by atoms with van der Waals surface area (Å²) in [5, 5.41) is 0. The molecule has 0 fully saturated rings. The van der Waals surface area contributed by atoms with Crippen LogP contribution in [-0.4, -0.2) is 12.2 Å². The van der Waals surface area contributed by atoms with Crippen molar-refractivity contribution in [1.29, 1.82) is 0 Å². The van der Waals surface area contributed by atoms with Crippen LogP contribution in [0.25, 0.3) is 0 Å². The first-order valence-electron chi connectivity index (χ1n) is 7.17. The van der Waals surface area contributed by atoms with Crippen LogP contribution < -0.4 is 0 Å². The Hall–Kier alpha value is -0.560. The SMILES string of the molecule is CCC=CC(CC(=CCC)CC)OC(C)CC. The van der Waals surface area contributed by atoms with Gasteiger partial charge in [-0.25, -0.2) is 0 Å². The molecular weight excluding hydrogens is 208 g/mol. The van der Waals surface area contributed by atoms with Crippen molar-refractivity contribution in [3.8, 4) is 0 Å². The van der Waals surface area contributed by atoms with Crippen LogP contribution in [0.3, 0.4) is 0 Å². The van der Waals surface area contributed by atoms with Gasteiger partial charge in [0, 0.05) is 0 Å². The van der Waals surface area contributed by atoms with Gasteiger partial charge < -0.3 is 4.74 Å². The first-order valence-corrected chi connectivity index (χ1v) is 7.17. The zero-order valence-electron chi connectivity index (χ0n) is 12.3. The number of ether oxygens (including phenoxy) is 1. The van der Waals surface area contributed by atoms with Gasteiger partial charge in [0.25, 0.3) is 0 Å². The van der Waals surface area contributed by atoms with E-state index in [1.165, 1.54) is 5.57 Å². The Kier molecular flexibility index (Phi) is 10.2. The third kappa shape index (κ3) is 8.20. The highest BCUT2D eigenvalue weighted by Crippen LogP contribution is 2.16. The molecule has 1 heteroatoms. The summed E-state index contributed by atoms with van der Waals surface area (Å²) in [5.74, 6) is 0. The molecule has 0 heterocycles. The summed E-state index contributed by atoms with van der Waals surface area (Å²) in [6.07, 6.45) is 12.8. The Morgan fingerprint density at radius 1 is 1.12 bits per heavy atom. The average Bonchev–Trinajstić information content (AvgIpc) is 2.34. The second-order valence-electron chi connectivity index (χ2n) is 4.56. The monoisotopic (exact) mass is 238 g/mol. The van der Waals surface area contributed by atoms with Crippen LogP contribution in [0.15, 0.2) is 23.8 Å². The highest BCUT2D eigenvalue weighted by Gasteiger charge is 2.10. The lowest BCUT2D eigenvalue weighted by Gasteiger charge is -2.20. The molecule has 0 spiro atoms. The Morgan fingerprint density at radius 2 is 1.82 bits per heavy atom. The van der Waals surface area contributed by atoms with Crippen molar-refractivity contribution in [1.82, 2.24) is 0 Å². The van der Waals surface area contributed by atoms with Crippen molar-refractivity contribution in [2.24, 2.45) is 0 Å². The van der Waals surface area contributed by atoms with E-state index in [0.29, 0.717) is 6.10 Å². The lowest BCUT2D eigenvalue weighted by Crippen LogP contribution is -2.18. The van der Waals surface area contributed by atoms with Gasteiger partial charge in [0.1, 0.15) is 0 Å². The molecule has 100 valence electrons. The van der Waals surface area contributed by atoms with Gasteiger partial charge in [0.2, 0.25) is 0 Å². The predicted octanol–water partition coefficient (Wildman–Crippen LogP) is 5.27. The van der Waals surface area contributed by atoms with Crippen LogP contribution >= 0.6 is 0 Å². The maximum Gasteiger partial charge on any atom is 0.0796 e. The molecule has 0 bridgehead atoms. The topological polar surface area (TPSA) is 9.23 Å². The number of rotatable bonds is 9. The first-order chi connectivity index (χ1) is 8.17. The van der Waals surface area contributed by atoms with Crippen LogP contribution in [0.5, 0.6) is 0 Å². The number of hydrogen-bond donors (Lipinski definition) is 0. The summed E-state index contributed by atoms with van der Waals surface area (Å²) >= 11 is 0. The van der Waals surface area contributed by atoms with E-state index in [2.05, 4.69) is 52.8 Å². The fraction of sp³-hybridized carbons (Fsp3) is 0.750. The summed E-state index contributed by atoms with van der Waals surface area (Å²) in [6.45, 7) is 10.9. The van der Waals surface area contributed by atoms with E-state index in [9.17, 15) is 0 Å². The Labute approximate surface area is 108 Å². The molecule has 0 N–H and O–H groups in total. The molecule has 0 radical (unpaired) electrons. The zero-order chi connectivity index (χ0) is 13.1. The van der Waals surface area contributed by atoms with Crippen molar-refractivity contribution in [2.45, 2.75) is 78.9 Å². The van der Waals surface area contributed by atoms with E-state index in [1.54, 1.807) is 0 Å². The van der Waals surface area contributed by atoms with Crippen molar-refractivity contribution in [2.75, 3.05) is 0 Å². The van der Waals surface area contributed by atoms with Gasteiger partial charge in [0.15, 0.2) is 0 Å². The molecule has 2 atom stereocenters. The molecule has 0 aliphatic heterocycles. The quantitative estimate of drug-likeness (QED) is 0.497. The molecule has 0 aromatic heterocycles. The zero-order valence-corrected chi connectivity index (χ0v) is 12.3. The Bertz CT molecular complexity index is 228. The van der Waals surface area contributed by atoms with E-state index >= 15 is 0 Å². The van der Waals surface area contributed by atoms with Crippen molar-refractivity contribution >= 4 is 0 Å². The lowest BCUT2D eigenvalue weighted by atomic mass is 10.0. The summed E-state index contributed by atoms with van der Waals surface area (Å²) in [7, 11) is 0. The van der Waals surface area contributed by atoms with Crippen LogP contribution in [-0.2, 0) is 4.74 Å². The Balaban J connectivity index is 4.45. The largest absolute Gasteiger partial charge is 0.371 e. The summed E-state index contributed by atoms with van der Waals surface area (Å²) in [5.41, 5.74) is 1.52. The molecule has 0 rings (SSSR count). The fourth-order valence-electron chi connectivity index (χ4n) is 1.76. The fourth-order valence-corrected chi connectivity index (χ4v) is 1.76. The van der Waals surface area contributed by atoms with E-state index in [0.717, 1.165) is 32.1 Å².